The molecule has 96 valence electrons. The van der Waals surface area contributed by atoms with Crippen molar-refractivity contribution in [2.75, 3.05) is 11.9 Å². The van der Waals surface area contributed by atoms with E-state index in [2.05, 4.69) is 39.8 Å². The number of hydrogen-bond acceptors (Lipinski definition) is 6. The van der Waals surface area contributed by atoms with Gasteiger partial charge in [-0.1, -0.05) is 0 Å². The van der Waals surface area contributed by atoms with Crippen LogP contribution in [-0.2, 0) is 4.74 Å². The number of fused-ring (bicyclic) bond motifs is 1. The Kier molecular flexibility index (Phi) is 2.62. The molecule has 0 spiro atoms. The molecular formula is C11H16N6O. The Hall–Kier alpha value is -1.76. The molecule has 7 nitrogen and oxygen atoms in total. The van der Waals surface area contributed by atoms with E-state index >= 15 is 0 Å². The van der Waals surface area contributed by atoms with Gasteiger partial charge in [0.2, 0.25) is 0 Å². The van der Waals surface area contributed by atoms with Crippen molar-refractivity contribution < 1.29 is 4.74 Å². The third-order valence-corrected chi connectivity index (χ3v) is 3.12. The van der Waals surface area contributed by atoms with Crippen molar-refractivity contribution in [2.24, 2.45) is 0 Å². The number of nitrogens with one attached hydrogen (secondary N) is 1. The molecule has 7 heteroatoms. The van der Waals surface area contributed by atoms with Crippen molar-refractivity contribution in [3.8, 4) is 0 Å². The summed E-state index contributed by atoms with van der Waals surface area (Å²) in [6.07, 6.45) is 1.95. The Morgan fingerprint density at radius 2 is 2.33 bits per heavy atom. The maximum atomic E-state index is 5.69. The molecule has 1 N–H and O–H groups in total. The zero-order valence-electron chi connectivity index (χ0n) is 10.5. The second kappa shape index (κ2) is 4.16. The lowest BCUT2D eigenvalue weighted by molar-refractivity contribution is -0.0553. The van der Waals surface area contributed by atoms with E-state index in [0.717, 1.165) is 25.3 Å². The minimum Gasteiger partial charge on any atom is -0.375 e. The van der Waals surface area contributed by atoms with Gasteiger partial charge in [-0.05, 0) is 49.2 Å². The summed E-state index contributed by atoms with van der Waals surface area (Å²) < 4.78 is 7.12. The number of tetrazole rings is 1. The Labute approximate surface area is 105 Å². The Balaban J connectivity index is 1.75. The van der Waals surface area contributed by atoms with Gasteiger partial charge in [-0.2, -0.15) is 0 Å². The van der Waals surface area contributed by atoms with Gasteiger partial charge in [-0.25, -0.2) is 0 Å². The third-order valence-electron chi connectivity index (χ3n) is 3.12. The fourth-order valence-corrected chi connectivity index (χ4v) is 2.29. The van der Waals surface area contributed by atoms with Crippen LogP contribution >= 0.6 is 0 Å². The quantitative estimate of drug-likeness (QED) is 0.850. The van der Waals surface area contributed by atoms with Crippen molar-refractivity contribution in [3.63, 3.8) is 0 Å². The van der Waals surface area contributed by atoms with Gasteiger partial charge in [-0.3, -0.25) is 0 Å². The predicted octanol–water partition coefficient (Wildman–Crippen LogP) is 0.889. The summed E-state index contributed by atoms with van der Waals surface area (Å²) in [6, 6.07) is 4.11. The maximum Gasteiger partial charge on any atom is 0.200 e. The van der Waals surface area contributed by atoms with E-state index in [1.54, 1.807) is 0 Å². The molecule has 0 bridgehead atoms. The summed E-state index contributed by atoms with van der Waals surface area (Å²) in [5, 5.41) is 18.9. The first-order valence-electron chi connectivity index (χ1n) is 6.08. The number of rotatable bonds is 2. The SMILES string of the molecule is CC1(C)CC(Nc2ccc3nnnn3n2)CCO1. The van der Waals surface area contributed by atoms with Crippen LogP contribution < -0.4 is 5.32 Å². The highest BCUT2D eigenvalue weighted by atomic mass is 16.5. The van der Waals surface area contributed by atoms with E-state index in [-0.39, 0.29) is 5.60 Å². The summed E-state index contributed by atoms with van der Waals surface area (Å²) >= 11 is 0. The predicted molar refractivity (Wildman–Crippen MR) is 65.3 cm³/mol. The van der Waals surface area contributed by atoms with Crippen LogP contribution in [0.5, 0.6) is 0 Å². The topological polar surface area (TPSA) is 77.2 Å². The lowest BCUT2D eigenvalue weighted by Crippen LogP contribution is -2.40. The molecule has 1 atom stereocenters. The number of ether oxygens (including phenoxy) is 1. The molecule has 0 radical (unpaired) electrons. The highest BCUT2D eigenvalue weighted by molar-refractivity contribution is 5.42. The first-order valence-corrected chi connectivity index (χ1v) is 6.08. The summed E-state index contributed by atoms with van der Waals surface area (Å²) in [4.78, 5) is 0. The maximum absolute atomic E-state index is 5.69. The van der Waals surface area contributed by atoms with E-state index < -0.39 is 0 Å². The molecule has 2 aromatic rings. The van der Waals surface area contributed by atoms with E-state index in [1.807, 2.05) is 12.1 Å². The van der Waals surface area contributed by atoms with Crippen molar-refractivity contribution in [2.45, 2.75) is 38.3 Å². The van der Waals surface area contributed by atoms with Gasteiger partial charge < -0.3 is 10.1 Å². The second-order valence-electron chi connectivity index (χ2n) is 5.19. The zero-order chi connectivity index (χ0) is 12.6. The minimum absolute atomic E-state index is 0.0746. The van der Waals surface area contributed by atoms with E-state index in [4.69, 9.17) is 4.74 Å². The molecule has 1 fully saturated rings. The molecule has 0 aromatic carbocycles. The van der Waals surface area contributed by atoms with Crippen molar-refractivity contribution >= 4 is 11.5 Å². The average Bonchev–Trinajstić information content (AvgIpc) is 2.74. The fraction of sp³-hybridized carbons (Fsp3) is 0.636. The van der Waals surface area contributed by atoms with Gasteiger partial charge in [0.25, 0.3) is 0 Å². The lowest BCUT2D eigenvalue weighted by Gasteiger charge is -2.35. The van der Waals surface area contributed by atoms with Gasteiger partial charge in [0.1, 0.15) is 5.82 Å². The molecule has 1 aliphatic rings. The number of anilines is 1. The van der Waals surface area contributed by atoms with Crippen molar-refractivity contribution in [1.29, 1.82) is 0 Å². The van der Waals surface area contributed by atoms with Gasteiger partial charge in [0.15, 0.2) is 5.65 Å². The van der Waals surface area contributed by atoms with Crippen LogP contribution in [0.1, 0.15) is 26.7 Å². The molecule has 0 aliphatic carbocycles. The van der Waals surface area contributed by atoms with E-state index in [1.165, 1.54) is 4.63 Å². The van der Waals surface area contributed by atoms with Crippen LogP contribution in [0.3, 0.4) is 0 Å². The highest BCUT2D eigenvalue weighted by Crippen LogP contribution is 2.25. The Bertz CT molecular complexity index is 551. The largest absolute Gasteiger partial charge is 0.375 e. The number of nitrogens with zero attached hydrogens (tertiary/aromatic N) is 5. The van der Waals surface area contributed by atoms with Crippen LogP contribution in [-0.4, -0.2) is 43.5 Å². The van der Waals surface area contributed by atoms with Crippen LogP contribution in [0.25, 0.3) is 5.65 Å². The molecule has 3 heterocycles. The standard InChI is InChI=1S/C11H16N6O/c1-11(2)7-8(5-6-18-11)12-9-3-4-10-13-15-16-17(10)14-9/h3-4,8H,5-7H2,1-2H3,(H,12,14). The average molecular weight is 248 g/mol. The smallest absolute Gasteiger partial charge is 0.200 e. The normalized spacial score (nSPS) is 23.1. The highest BCUT2D eigenvalue weighted by Gasteiger charge is 2.28. The zero-order valence-corrected chi connectivity index (χ0v) is 10.5. The Morgan fingerprint density at radius 1 is 1.44 bits per heavy atom. The van der Waals surface area contributed by atoms with Gasteiger partial charge in [0, 0.05) is 12.6 Å². The molecular weight excluding hydrogens is 232 g/mol. The minimum atomic E-state index is -0.0746. The van der Waals surface area contributed by atoms with Crippen molar-refractivity contribution in [1.82, 2.24) is 25.3 Å². The number of hydrogen-bond donors (Lipinski definition) is 1. The first kappa shape index (κ1) is 11.3. The Morgan fingerprint density at radius 3 is 3.17 bits per heavy atom. The monoisotopic (exact) mass is 248 g/mol. The van der Waals surface area contributed by atoms with Gasteiger partial charge in [-0.15, -0.1) is 14.8 Å². The summed E-state index contributed by atoms with van der Waals surface area (Å²) in [5.74, 6) is 0.789. The summed E-state index contributed by atoms with van der Waals surface area (Å²) in [7, 11) is 0. The molecule has 3 rings (SSSR count). The fourth-order valence-electron chi connectivity index (χ4n) is 2.29. The van der Waals surface area contributed by atoms with Gasteiger partial charge in [0.05, 0.1) is 5.60 Å². The third kappa shape index (κ3) is 2.26. The van der Waals surface area contributed by atoms with Crippen LogP contribution in [0.4, 0.5) is 5.82 Å². The van der Waals surface area contributed by atoms with Crippen LogP contribution in [0.15, 0.2) is 12.1 Å². The van der Waals surface area contributed by atoms with Crippen LogP contribution in [0.2, 0.25) is 0 Å². The molecule has 18 heavy (non-hydrogen) atoms. The van der Waals surface area contributed by atoms with E-state index in [9.17, 15) is 0 Å². The van der Waals surface area contributed by atoms with E-state index in [0.29, 0.717) is 11.7 Å². The molecule has 0 saturated carbocycles. The number of aromatic nitrogens is 5. The lowest BCUT2D eigenvalue weighted by atomic mass is 9.94. The van der Waals surface area contributed by atoms with Gasteiger partial charge >= 0.3 is 0 Å². The van der Waals surface area contributed by atoms with Crippen molar-refractivity contribution in [3.05, 3.63) is 12.1 Å². The van der Waals surface area contributed by atoms with Crippen LogP contribution in [0, 0.1) is 0 Å². The molecule has 2 aromatic heterocycles. The molecule has 1 aliphatic heterocycles. The molecule has 0 amide bonds. The summed E-state index contributed by atoms with van der Waals surface area (Å²) in [6.45, 7) is 5.00. The first-order chi connectivity index (χ1) is 8.62. The molecule has 1 saturated heterocycles. The second-order valence-corrected chi connectivity index (χ2v) is 5.19. The molecule has 1 unspecified atom stereocenters. The summed E-state index contributed by atoms with van der Waals surface area (Å²) in [5.41, 5.74) is 0.572.